The van der Waals surface area contributed by atoms with Gasteiger partial charge in [-0.05, 0) is 6.42 Å². The summed E-state index contributed by atoms with van der Waals surface area (Å²) in [6.45, 7) is 4.46. The number of aliphatic carboxylic acids is 2. The first-order chi connectivity index (χ1) is 7.04. The van der Waals surface area contributed by atoms with Crippen LogP contribution in [0.3, 0.4) is 0 Å². The predicted octanol–water partition coefficient (Wildman–Crippen LogP) is 2.91. The lowest BCUT2D eigenvalue weighted by Gasteiger charge is -1.89. The van der Waals surface area contributed by atoms with Crippen molar-refractivity contribution >= 4 is 11.9 Å². The molecule has 0 aliphatic rings. The molecule has 4 nitrogen and oxygen atoms in total. The van der Waals surface area contributed by atoms with Crippen molar-refractivity contribution in [1.82, 2.24) is 0 Å². The smallest absolute Gasteiger partial charge is 0.303 e. The SMILES string of the molecule is CCCCCC.O=C(O)CCCC(=O)O. The zero-order valence-corrected chi connectivity index (χ0v) is 9.66. The highest BCUT2D eigenvalue weighted by Crippen LogP contribution is 1.95. The van der Waals surface area contributed by atoms with Gasteiger partial charge in [-0.3, -0.25) is 9.59 Å². The minimum Gasteiger partial charge on any atom is -0.481 e. The summed E-state index contributed by atoms with van der Waals surface area (Å²) in [5, 5.41) is 16.1. The highest BCUT2D eigenvalue weighted by molar-refractivity contribution is 5.69. The molecule has 0 fully saturated rings. The van der Waals surface area contributed by atoms with E-state index in [-0.39, 0.29) is 19.3 Å². The molecule has 0 bridgehead atoms. The van der Waals surface area contributed by atoms with E-state index in [2.05, 4.69) is 13.8 Å². The zero-order valence-electron chi connectivity index (χ0n) is 9.66. The second-order valence-electron chi connectivity index (χ2n) is 3.35. The van der Waals surface area contributed by atoms with Crippen molar-refractivity contribution in [2.75, 3.05) is 0 Å². The second-order valence-corrected chi connectivity index (χ2v) is 3.35. The van der Waals surface area contributed by atoms with Crippen LogP contribution in [0.4, 0.5) is 0 Å². The van der Waals surface area contributed by atoms with Gasteiger partial charge >= 0.3 is 11.9 Å². The molecule has 15 heavy (non-hydrogen) atoms. The highest BCUT2D eigenvalue weighted by Gasteiger charge is 1.99. The van der Waals surface area contributed by atoms with Crippen molar-refractivity contribution in [3.63, 3.8) is 0 Å². The summed E-state index contributed by atoms with van der Waals surface area (Å²) in [6, 6.07) is 0. The number of hydrogen-bond acceptors (Lipinski definition) is 2. The molecule has 0 aromatic rings. The molecule has 0 saturated carbocycles. The van der Waals surface area contributed by atoms with Crippen LogP contribution in [-0.2, 0) is 9.59 Å². The summed E-state index contributed by atoms with van der Waals surface area (Å²) >= 11 is 0. The van der Waals surface area contributed by atoms with Crippen molar-refractivity contribution in [2.45, 2.75) is 58.8 Å². The maximum absolute atomic E-state index is 9.79. The molecule has 0 spiro atoms. The van der Waals surface area contributed by atoms with E-state index in [1.165, 1.54) is 25.7 Å². The summed E-state index contributed by atoms with van der Waals surface area (Å²) in [4.78, 5) is 19.6. The quantitative estimate of drug-likeness (QED) is 0.644. The summed E-state index contributed by atoms with van der Waals surface area (Å²) in [7, 11) is 0. The molecular formula is C11H22O4. The second kappa shape index (κ2) is 12.9. The van der Waals surface area contributed by atoms with Gasteiger partial charge in [0, 0.05) is 12.8 Å². The van der Waals surface area contributed by atoms with Crippen LogP contribution < -0.4 is 0 Å². The molecule has 0 saturated heterocycles. The first-order valence-electron chi connectivity index (χ1n) is 5.48. The fourth-order valence-corrected chi connectivity index (χ4v) is 0.891. The lowest BCUT2D eigenvalue weighted by atomic mass is 10.2. The van der Waals surface area contributed by atoms with Crippen molar-refractivity contribution in [3.8, 4) is 0 Å². The molecule has 0 heterocycles. The Labute approximate surface area is 91.3 Å². The normalized spacial score (nSPS) is 8.93. The Kier molecular flexibility index (Phi) is 14.1. The van der Waals surface area contributed by atoms with Crippen LogP contribution in [0.1, 0.15) is 58.8 Å². The monoisotopic (exact) mass is 218 g/mol. The molecule has 0 aliphatic carbocycles. The van der Waals surface area contributed by atoms with Crippen LogP contribution in [0.15, 0.2) is 0 Å². The Hall–Kier alpha value is -1.06. The van der Waals surface area contributed by atoms with E-state index in [4.69, 9.17) is 10.2 Å². The number of carbonyl (C=O) groups is 2. The van der Waals surface area contributed by atoms with Crippen molar-refractivity contribution in [2.24, 2.45) is 0 Å². The Balaban J connectivity index is 0. The van der Waals surface area contributed by atoms with E-state index < -0.39 is 11.9 Å². The van der Waals surface area contributed by atoms with Gasteiger partial charge in [0.15, 0.2) is 0 Å². The van der Waals surface area contributed by atoms with E-state index in [1.54, 1.807) is 0 Å². The van der Waals surface area contributed by atoms with Crippen LogP contribution in [0.2, 0.25) is 0 Å². The summed E-state index contributed by atoms with van der Waals surface area (Å²) < 4.78 is 0. The van der Waals surface area contributed by atoms with Gasteiger partial charge in [-0.1, -0.05) is 39.5 Å². The first-order valence-corrected chi connectivity index (χ1v) is 5.48. The average Bonchev–Trinajstić information content (AvgIpc) is 2.14. The van der Waals surface area contributed by atoms with Gasteiger partial charge in [-0.15, -0.1) is 0 Å². The van der Waals surface area contributed by atoms with Crippen LogP contribution in [0.25, 0.3) is 0 Å². The highest BCUT2D eigenvalue weighted by atomic mass is 16.4. The molecule has 0 aromatic carbocycles. The molecule has 0 unspecified atom stereocenters. The minimum absolute atomic E-state index is 0.0632. The Morgan fingerprint density at radius 1 is 0.800 bits per heavy atom. The van der Waals surface area contributed by atoms with Gasteiger partial charge in [0.25, 0.3) is 0 Å². The third-order valence-corrected chi connectivity index (χ3v) is 1.74. The van der Waals surface area contributed by atoms with Gasteiger partial charge in [0.2, 0.25) is 0 Å². The topological polar surface area (TPSA) is 74.6 Å². The fourth-order valence-electron chi connectivity index (χ4n) is 0.891. The minimum atomic E-state index is -0.948. The van der Waals surface area contributed by atoms with Crippen LogP contribution in [0.5, 0.6) is 0 Å². The van der Waals surface area contributed by atoms with Crippen LogP contribution in [-0.4, -0.2) is 22.2 Å². The van der Waals surface area contributed by atoms with Gasteiger partial charge in [0.1, 0.15) is 0 Å². The predicted molar refractivity (Wildman–Crippen MR) is 58.9 cm³/mol. The largest absolute Gasteiger partial charge is 0.481 e. The number of carboxylic acids is 2. The molecule has 0 atom stereocenters. The van der Waals surface area contributed by atoms with Crippen molar-refractivity contribution in [3.05, 3.63) is 0 Å². The number of rotatable bonds is 7. The van der Waals surface area contributed by atoms with E-state index in [0.29, 0.717) is 0 Å². The zero-order chi connectivity index (χ0) is 12.1. The maximum Gasteiger partial charge on any atom is 0.303 e. The number of hydrogen-bond donors (Lipinski definition) is 2. The summed E-state index contributed by atoms with van der Waals surface area (Å²) in [5.74, 6) is -1.90. The number of carboxylic acid groups (broad SMARTS) is 2. The number of unbranched alkanes of at least 4 members (excludes halogenated alkanes) is 3. The molecule has 0 amide bonds. The molecule has 90 valence electrons. The average molecular weight is 218 g/mol. The van der Waals surface area contributed by atoms with Crippen molar-refractivity contribution < 1.29 is 19.8 Å². The third kappa shape index (κ3) is 24.6. The standard InChI is InChI=1S/C6H14.C5H8O4/c1-3-5-6-4-2;6-4(7)2-1-3-5(8)9/h3-6H2,1-2H3;1-3H2,(H,6,7)(H,8,9). The molecule has 0 rings (SSSR count). The van der Waals surface area contributed by atoms with E-state index >= 15 is 0 Å². The van der Waals surface area contributed by atoms with Gasteiger partial charge in [-0.25, -0.2) is 0 Å². The molecular weight excluding hydrogens is 196 g/mol. The lowest BCUT2D eigenvalue weighted by Crippen LogP contribution is -1.98. The summed E-state index contributed by atoms with van der Waals surface area (Å²) in [5.41, 5.74) is 0. The molecule has 4 heteroatoms. The molecule has 0 aliphatic heterocycles. The maximum atomic E-state index is 9.79. The van der Waals surface area contributed by atoms with E-state index in [9.17, 15) is 9.59 Å². The molecule has 0 radical (unpaired) electrons. The van der Waals surface area contributed by atoms with Crippen LogP contribution in [0, 0.1) is 0 Å². The fraction of sp³-hybridized carbons (Fsp3) is 0.818. The Morgan fingerprint density at radius 3 is 1.33 bits per heavy atom. The van der Waals surface area contributed by atoms with Crippen LogP contribution >= 0.6 is 0 Å². The van der Waals surface area contributed by atoms with E-state index in [1.807, 2.05) is 0 Å². The van der Waals surface area contributed by atoms with E-state index in [0.717, 1.165) is 0 Å². The molecule has 0 aromatic heterocycles. The van der Waals surface area contributed by atoms with Gasteiger partial charge in [-0.2, -0.15) is 0 Å². The molecule has 2 N–H and O–H groups in total. The summed E-state index contributed by atoms with van der Waals surface area (Å²) in [6.07, 6.45) is 5.62. The van der Waals surface area contributed by atoms with Crippen molar-refractivity contribution in [1.29, 1.82) is 0 Å². The Morgan fingerprint density at radius 2 is 1.13 bits per heavy atom. The van der Waals surface area contributed by atoms with Gasteiger partial charge in [0.05, 0.1) is 0 Å². The van der Waals surface area contributed by atoms with Gasteiger partial charge < -0.3 is 10.2 Å². The Bertz CT molecular complexity index is 148. The third-order valence-electron chi connectivity index (χ3n) is 1.74. The lowest BCUT2D eigenvalue weighted by molar-refractivity contribution is -0.138. The first kappa shape index (κ1) is 16.4.